The highest BCUT2D eigenvalue weighted by molar-refractivity contribution is 5.31. The van der Waals surface area contributed by atoms with Crippen molar-refractivity contribution in [1.82, 2.24) is 15.3 Å². The molecule has 0 saturated heterocycles. The van der Waals surface area contributed by atoms with Gasteiger partial charge in [0, 0.05) is 30.9 Å². The second-order valence-corrected chi connectivity index (χ2v) is 5.28. The summed E-state index contributed by atoms with van der Waals surface area (Å²) in [4.78, 5) is 8.91. The minimum atomic E-state index is 0.795. The molecule has 0 amide bonds. The molecule has 3 nitrogen and oxygen atoms in total. The topological polar surface area (TPSA) is 37.8 Å². The lowest BCUT2D eigenvalue weighted by atomic mass is 10.0. The Morgan fingerprint density at radius 3 is 2.40 bits per heavy atom. The van der Waals surface area contributed by atoms with Crippen molar-refractivity contribution in [3.05, 3.63) is 58.7 Å². The van der Waals surface area contributed by atoms with E-state index < -0.39 is 0 Å². The normalized spacial score (nSPS) is 10.8. The summed E-state index contributed by atoms with van der Waals surface area (Å²) < 4.78 is 0. The summed E-state index contributed by atoms with van der Waals surface area (Å²) in [7, 11) is 0. The minimum Gasteiger partial charge on any atom is -0.313 e. The van der Waals surface area contributed by atoms with Crippen LogP contribution in [0.2, 0.25) is 0 Å². The van der Waals surface area contributed by atoms with Crippen molar-refractivity contribution in [3.8, 4) is 0 Å². The maximum Gasteiger partial charge on any atom is 0.132 e. The molecule has 0 aliphatic carbocycles. The van der Waals surface area contributed by atoms with E-state index in [1.807, 2.05) is 12.4 Å². The summed E-state index contributed by atoms with van der Waals surface area (Å²) in [5, 5.41) is 3.35. The Bertz CT molecular complexity index is 547. The van der Waals surface area contributed by atoms with Crippen molar-refractivity contribution in [3.63, 3.8) is 0 Å². The van der Waals surface area contributed by atoms with Crippen LogP contribution < -0.4 is 5.32 Å². The Balaban J connectivity index is 1.97. The smallest absolute Gasteiger partial charge is 0.132 e. The number of nitrogens with zero attached hydrogens (tertiary/aromatic N) is 2. The molecule has 0 radical (unpaired) electrons. The van der Waals surface area contributed by atoms with Gasteiger partial charge in [0.2, 0.25) is 0 Å². The first-order chi connectivity index (χ1) is 9.69. The predicted octanol–water partition coefficient (Wildman–Crippen LogP) is 3.18. The van der Waals surface area contributed by atoms with Gasteiger partial charge in [0.05, 0.1) is 0 Å². The molecule has 0 spiro atoms. The Labute approximate surface area is 121 Å². The maximum absolute atomic E-state index is 4.45. The quantitative estimate of drug-likeness (QED) is 0.818. The van der Waals surface area contributed by atoms with Crippen molar-refractivity contribution in [2.45, 2.75) is 40.2 Å². The highest BCUT2D eigenvalue weighted by Crippen LogP contribution is 2.12. The van der Waals surface area contributed by atoms with Gasteiger partial charge in [0.25, 0.3) is 0 Å². The summed E-state index contributed by atoms with van der Waals surface area (Å²) in [6.07, 6.45) is 5.79. The summed E-state index contributed by atoms with van der Waals surface area (Å²) in [5.74, 6) is 0.882. The fraction of sp³-hybridized carbons (Fsp3) is 0.412. The van der Waals surface area contributed by atoms with Gasteiger partial charge in [-0.05, 0) is 43.5 Å². The third-order valence-corrected chi connectivity index (χ3v) is 3.45. The molecule has 1 aromatic heterocycles. The van der Waals surface area contributed by atoms with Gasteiger partial charge in [-0.3, -0.25) is 0 Å². The number of aromatic nitrogens is 2. The third kappa shape index (κ3) is 4.14. The monoisotopic (exact) mass is 269 g/mol. The van der Waals surface area contributed by atoms with Crippen LogP contribution in [0.15, 0.2) is 30.6 Å². The first-order valence-corrected chi connectivity index (χ1v) is 7.25. The van der Waals surface area contributed by atoms with Crippen LogP contribution in [0.25, 0.3) is 0 Å². The molecule has 0 fully saturated rings. The molecular formula is C17H23N3. The van der Waals surface area contributed by atoms with Gasteiger partial charge >= 0.3 is 0 Å². The number of hydrogen-bond acceptors (Lipinski definition) is 3. The summed E-state index contributed by atoms with van der Waals surface area (Å²) in [5.41, 5.74) is 5.06. The van der Waals surface area contributed by atoms with Gasteiger partial charge < -0.3 is 5.32 Å². The molecular weight excluding hydrogens is 246 g/mol. The molecule has 1 N–H and O–H groups in total. The van der Waals surface area contributed by atoms with E-state index in [-0.39, 0.29) is 0 Å². The van der Waals surface area contributed by atoms with Crippen LogP contribution in [0.5, 0.6) is 0 Å². The van der Waals surface area contributed by atoms with Crippen molar-refractivity contribution in [1.29, 1.82) is 0 Å². The van der Waals surface area contributed by atoms with Crippen LogP contribution in [0.4, 0.5) is 0 Å². The van der Waals surface area contributed by atoms with Crippen molar-refractivity contribution < 1.29 is 0 Å². The molecule has 0 aliphatic heterocycles. The zero-order valence-electron chi connectivity index (χ0n) is 12.6. The van der Waals surface area contributed by atoms with Gasteiger partial charge in [-0.15, -0.1) is 0 Å². The van der Waals surface area contributed by atoms with E-state index in [2.05, 4.69) is 54.3 Å². The average Bonchev–Trinajstić information content (AvgIpc) is 2.45. The zero-order chi connectivity index (χ0) is 14.4. The van der Waals surface area contributed by atoms with Gasteiger partial charge in [-0.25, -0.2) is 9.97 Å². The van der Waals surface area contributed by atoms with Gasteiger partial charge in [0.1, 0.15) is 5.82 Å². The maximum atomic E-state index is 4.45. The lowest BCUT2D eigenvalue weighted by Crippen LogP contribution is -2.14. The van der Waals surface area contributed by atoms with Gasteiger partial charge in [0.15, 0.2) is 0 Å². The highest BCUT2D eigenvalue weighted by Gasteiger charge is 2.02. The fourth-order valence-corrected chi connectivity index (χ4v) is 2.07. The van der Waals surface area contributed by atoms with Crippen LogP contribution in [-0.2, 0) is 13.0 Å². The van der Waals surface area contributed by atoms with E-state index in [4.69, 9.17) is 0 Å². The number of aryl methyl sites for hydroxylation is 2. The molecule has 2 rings (SSSR count). The first-order valence-electron chi connectivity index (χ1n) is 7.25. The fourth-order valence-electron chi connectivity index (χ4n) is 2.07. The summed E-state index contributed by atoms with van der Waals surface area (Å²) in [6.45, 7) is 8.31. The standard InChI is InChI=1S/C17H23N3/c1-4-7-18-10-16-11-19-17(20-12-16)9-15-6-5-13(2)14(3)8-15/h5-6,8,11-12,18H,4,7,9-10H2,1-3H3. The largest absolute Gasteiger partial charge is 0.313 e. The molecule has 0 unspecified atom stereocenters. The Hall–Kier alpha value is -1.74. The molecule has 0 atom stereocenters. The summed E-state index contributed by atoms with van der Waals surface area (Å²) in [6, 6.07) is 6.53. The van der Waals surface area contributed by atoms with E-state index in [9.17, 15) is 0 Å². The molecule has 0 saturated carbocycles. The highest BCUT2D eigenvalue weighted by atomic mass is 14.9. The van der Waals surface area contributed by atoms with Gasteiger partial charge in [-0.2, -0.15) is 0 Å². The summed E-state index contributed by atoms with van der Waals surface area (Å²) >= 11 is 0. The van der Waals surface area contributed by atoms with Crippen LogP contribution in [0, 0.1) is 13.8 Å². The van der Waals surface area contributed by atoms with E-state index in [0.717, 1.165) is 37.3 Å². The Morgan fingerprint density at radius 2 is 1.75 bits per heavy atom. The van der Waals surface area contributed by atoms with Crippen molar-refractivity contribution in [2.75, 3.05) is 6.54 Å². The molecule has 20 heavy (non-hydrogen) atoms. The van der Waals surface area contributed by atoms with E-state index in [0.29, 0.717) is 0 Å². The van der Waals surface area contributed by atoms with Crippen molar-refractivity contribution in [2.24, 2.45) is 0 Å². The van der Waals surface area contributed by atoms with Gasteiger partial charge in [-0.1, -0.05) is 25.1 Å². The van der Waals surface area contributed by atoms with Crippen LogP contribution in [-0.4, -0.2) is 16.5 Å². The van der Waals surface area contributed by atoms with E-state index >= 15 is 0 Å². The second kappa shape index (κ2) is 7.15. The van der Waals surface area contributed by atoms with E-state index in [1.165, 1.54) is 16.7 Å². The lowest BCUT2D eigenvalue weighted by Gasteiger charge is -2.06. The lowest BCUT2D eigenvalue weighted by molar-refractivity contribution is 0.670. The van der Waals surface area contributed by atoms with Crippen molar-refractivity contribution >= 4 is 0 Å². The van der Waals surface area contributed by atoms with E-state index in [1.54, 1.807) is 0 Å². The minimum absolute atomic E-state index is 0.795. The molecule has 2 aromatic rings. The second-order valence-electron chi connectivity index (χ2n) is 5.28. The number of rotatable bonds is 6. The molecule has 106 valence electrons. The molecule has 0 bridgehead atoms. The molecule has 1 heterocycles. The average molecular weight is 269 g/mol. The van der Waals surface area contributed by atoms with Crippen LogP contribution >= 0.6 is 0 Å². The predicted molar refractivity (Wildman–Crippen MR) is 82.8 cm³/mol. The molecule has 3 heteroatoms. The number of hydrogen-bond donors (Lipinski definition) is 1. The Morgan fingerprint density at radius 1 is 1.00 bits per heavy atom. The van der Waals surface area contributed by atoms with Crippen LogP contribution in [0.1, 0.15) is 41.4 Å². The van der Waals surface area contributed by atoms with Crippen LogP contribution in [0.3, 0.4) is 0 Å². The first kappa shape index (κ1) is 14.7. The zero-order valence-corrected chi connectivity index (χ0v) is 12.6. The molecule has 1 aromatic carbocycles. The number of nitrogens with one attached hydrogen (secondary N) is 1. The Kier molecular flexibility index (Phi) is 5.24. The SMILES string of the molecule is CCCNCc1cnc(Cc2ccc(C)c(C)c2)nc1. The number of benzene rings is 1. The third-order valence-electron chi connectivity index (χ3n) is 3.45. The molecule has 0 aliphatic rings.